The lowest BCUT2D eigenvalue weighted by Crippen LogP contribution is -2.32. The highest BCUT2D eigenvalue weighted by atomic mass is 127. The molecule has 26 heavy (non-hydrogen) atoms. The Balaban J connectivity index is 1.65. The first-order valence-electron chi connectivity index (χ1n) is 8.54. The minimum Gasteiger partial charge on any atom is -0.492 e. The van der Waals surface area contributed by atoms with Gasteiger partial charge in [-0.1, -0.05) is 0 Å². The molecule has 1 aliphatic heterocycles. The second kappa shape index (κ2) is 8.99. The van der Waals surface area contributed by atoms with E-state index in [0.29, 0.717) is 19.6 Å². The minimum absolute atomic E-state index is 0.0130. The summed E-state index contributed by atoms with van der Waals surface area (Å²) in [4.78, 5) is 14.6. The summed E-state index contributed by atoms with van der Waals surface area (Å²) >= 11 is 4.01. The van der Waals surface area contributed by atoms with Gasteiger partial charge in [-0.3, -0.25) is 4.79 Å². The summed E-state index contributed by atoms with van der Waals surface area (Å²) in [6.07, 6.45) is 2.33. The van der Waals surface area contributed by atoms with Gasteiger partial charge in [0.15, 0.2) is 6.10 Å². The van der Waals surface area contributed by atoms with Crippen molar-refractivity contribution in [3.63, 3.8) is 0 Å². The summed E-state index contributed by atoms with van der Waals surface area (Å²) in [6, 6.07) is 13.7. The van der Waals surface area contributed by atoms with Crippen molar-refractivity contribution < 1.29 is 14.3 Å². The third-order valence-electron chi connectivity index (χ3n) is 4.26. The second-order valence-electron chi connectivity index (χ2n) is 6.13. The van der Waals surface area contributed by atoms with Gasteiger partial charge in [0.05, 0.1) is 6.61 Å². The molecule has 138 valence electrons. The van der Waals surface area contributed by atoms with Crippen LogP contribution in [-0.2, 0) is 4.79 Å². The van der Waals surface area contributed by atoms with Gasteiger partial charge in [0, 0.05) is 28.0 Å². The summed E-state index contributed by atoms with van der Waals surface area (Å²) < 4.78 is 12.8. The van der Waals surface area contributed by atoms with E-state index in [-0.39, 0.29) is 5.91 Å². The van der Waals surface area contributed by atoms with Crippen LogP contribution in [0, 0.1) is 10.5 Å². The average Bonchev–Trinajstić information content (AvgIpc) is 2.99. The van der Waals surface area contributed by atoms with Crippen LogP contribution in [0.5, 0.6) is 11.5 Å². The number of hydrogen-bond acceptors (Lipinski definition) is 4. The van der Waals surface area contributed by atoms with Gasteiger partial charge in [0.2, 0.25) is 0 Å². The summed E-state index contributed by atoms with van der Waals surface area (Å²) in [5.74, 6) is 2.59. The van der Waals surface area contributed by atoms with Crippen molar-refractivity contribution in [3.05, 3.63) is 51.6 Å². The summed E-state index contributed by atoms with van der Waals surface area (Å²) in [5, 5.41) is 0. The van der Waals surface area contributed by atoms with Gasteiger partial charge in [-0.05, 0) is 83.8 Å². The molecule has 6 heteroatoms. The van der Waals surface area contributed by atoms with Crippen LogP contribution < -0.4 is 14.4 Å². The predicted octanol–water partition coefficient (Wildman–Crippen LogP) is 4.53. The number of hydrogen-bond donors (Lipinski definition) is 0. The number of ether oxygens (including phenoxy) is 2. The van der Waals surface area contributed by atoms with Crippen LogP contribution >= 0.6 is 34.4 Å². The Morgan fingerprint density at radius 3 is 2.69 bits per heavy atom. The predicted molar refractivity (Wildman–Crippen MR) is 116 cm³/mol. The van der Waals surface area contributed by atoms with Crippen LogP contribution in [0.25, 0.3) is 0 Å². The van der Waals surface area contributed by atoms with E-state index in [2.05, 4.69) is 28.8 Å². The zero-order valence-electron chi connectivity index (χ0n) is 14.9. The molecule has 1 atom stereocenters. The maximum Gasteiger partial charge on any atom is 0.268 e. The Morgan fingerprint density at radius 1 is 1.23 bits per heavy atom. The summed E-state index contributed by atoms with van der Waals surface area (Å²) in [5.41, 5.74) is 1.94. The zero-order valence-corrected chi connectivity index (χ0v) is 17.9. The molecule has 1 amide bonds. The van der Waals surface area contributed by atoms with Crippen molar-refractivity contribution >= 4 is 45.9 Å². The topological polar surface area (TPSA) is 38.8 Å². The molecule has 0 bridgehead atoms. The Hall–Kier alpha value is -1.41. The quantitative estimate of drug-likeness (QED) is 0.429. The number of thioether (sulfide) groups is 1. The van der Waals surface area contributed by atoms with E-state index in [1.807, 2.05) is 49.4 Å². The van der Waals surface area contributed by atoms with Gasteiger partial charge in [-0.2, -0.15) is 11.8 Å². The largest absolute Gasteiger partial charge is 0.492 e. The smallest absolute Gasteiger partial charge is 0.268 e. The number of benzene rings is 2. The highest BCUT2D eigenvalue weighted by Gasteiger charge is 2.34. The minimum atomic E-state index is -0.423. The van der Waals surface area contributed by atoms with Crippen LogP contribution in [0.2, 0.25) is 0 Å². The lowest BCUT2D eigenvalue weighted by molar-refractivity contribution is -0.122. The maximum atomic E-state index is 12.7. The van der Waals surface area contributed by atoms with E-state index in [1.165, 1.54) is 0 Å². The Labute approximate surface area is 172 Å². The molecule has 2 aromatic rings. The monoisotopic (exact) mass is 483 g/mol. The van der Waals surface area contributed by atoms with Crippen LogP contribution in [0.4, 0.5) is 5.69 Å². The third-order valence-corrected chi connectivity index (χ3v) is 5.56. The van der Waals surface area contributed by atoms with Crippen molar-refractivity contribution in [2.45, 2.75) is 19.4 Å². The van der Waals surface area contributed by atoms with Crippen molar-refractivity contribution in [1.29, 1.82) is 0 Å². The highest BCUT2D eigenvalue weighted by molar-refractivity contribution is 14.1. The van der Waals surface area contributed by atoms with Gasteiger partial charge in [-0.15, -0.1) is 0 Å². The first-order chi connectivity index (χ1) is 12.6. The second-order valence-corrected chi connectivity index (χ2v) is 8.36. The highest BCUT2D eigenvalue weighted by Crippen LogP contribution is 2.29. The van der Waals surface area contributed by atoms with Crippen LogP contribution in [-0.4, -0.2) is 37.2 Å². The summed E-state index contributed by atoms with van der Waals surface area (Å²) in [6.45, 7) is 3.37. The summed E-state index contributed by atoms with van der Waals surface area (Å²) in [7, 11) is 0. The first kappa shape index (κ1) is 19.4. The van der Waals surface area contributed by atoms with Crippen LogP contribution in [0.3, 0.4) is 0 Å². The van der Waals surface area contributed by atoms with Crippen LogP contribution in [0.15, 0.2) is 42.5 Å². The maximum absolute atomic E-state index is 12.7. The molecule has 0 radical (unpaired) electrons. The molecule has 0 aromatic heterocycles. The molecule has 0 aliphatic carbocycles. The molecule has 2 aromatic carbocycles. The molecule has 0 N–H and O–H groups in total. The SMILES string of the molecule is CSCCOc1ccc(N2CCC(Oc3ccc(I)cc3)C2=O)cc1C. The molecule has 0 saturated carbocycles. The molecular weight excluding hydrogens is 461 g/mol. The molecule has 3 rings (SSSR count). The number of carbonyl (C=O) groups excluding carboxylic acids is 1. The lowest BCUT2D eigenvalue weighted by atomic mass is 10.2. The average molecular weight is 483 g/mol. The van der Waals surface area contributed by atoms with E-state index in [1.54, 1.807) is 16.7 Å². The fourth-order valence-corrected chi connectivity index (χ4v) is 3.50. The van der Waals surface area contributed by atoms with Crippen LogP contribution in [0.1, 0.15) is 12.0 Å². The molecule has 0 spiro atoms. The third kappa shape index (κ3) is 4.65. The van der Waals surface area contributed by atoms with Gasteiger partial charge in [0.1, 0.15) is 11.5 Å². The van der Waals surface area contributed by atoms with E-state index >= 15 is 0 Å². The number of carbonyl (C=O) groups is 1. The number of halogens is 1. The molecule has 1 heterocycles. The van der Waals surface area contributed by atoms with Crippen molar-refractivity contribution in [2.24, 2.45) is 0 Å². The van der Waals surface area contributed by atoms with Gasteiger partial charge in [-0.25, -0.2) is 0 Å². The fraction of sp³-hybridized carbons (Fsp3) is 0.350. The Bertz CT molecular complexity index is 766. The molecule has 1 saturated heterocycles. The standard InChI is InChI=1S/C20H22INO3S/c1-14-13-16(5-8-18(14)24-11-12-26-2)22-10-9-19(20(22)23)25-17-6-3-15(21)4-7-17/h3-8,13,19H,9-12H2,1-2H3. The van der Waals surface area contributed by atoms with E-state index in [0.717, 1.165) is 32.1 Å². The number of amides is 1. The van der Waals surface area contributed by atoms with Gasteiger partial charge in [0.25, 0.3) is 5.91 Å². The Morgan fingerprint density at radius 2 is 2.00 bits per heavy atom. The number of aryl methyl sites for hydroxylation is 1. The lowest BCUT2D eigenvalue weighted by Gasteiger charge is -2.19. The van der Waals surface area contributed by atoms with E-state index in [9.17, 15) is 4.79 Å². The van der Waals surface area contributed by atoms with Gasteiger partial charge >= 0.3 is 0 Å². The Kier molecular flexibility index (Phi) is 6.69. The molecular formula is C20H22INO3S. The zero-order chi connectivity index (χ0) is 18.5. The molecule has 4 nitrogen and oxygen atoms in total. The number of anilines is 1. The van der Waals surface area contributed by atoms with Crippen molar-refractivity contribution in [3.8, 4) is 11.5 Å². The molecule has 1 fully saturated rings. The first-order valence-corrected chi connectivity index (χ1v) is 11.0. The molecule has 1 unspecified atom stereocenters. The van der Waals surface area contributed by atoms with Crippen molar-refractivity contribution in [1.82, 2.24) is 0 Å². The van der Waals surface area contributed by atoms with E-state index < -0.39 is 6.10 Å². The van der Waals surface area contributed by atoms with E-state index in [4.69, 9.17) is 9.47 Å². The van der Waals surface area contributed by atoms with Crippen molar-refractivity contribution in [2.75, 3.05) is 30.1 Å². The molecule has 1 aliphatic rings. The fourth-order valence-electron chi connectivity index (χ4n) is 2.90. The van der Waals surface area contributed by atoms with Gasteiger partial charge < -0.3 is 14.4 Å². The normalized spacial score (nSPS) is 16.8. The number of nitrogens with zero attached hydrogens (tertiary/aromatic N) is 1. The number of rotatable bonds is 7.